The minimum absolute atomic E-state index is 0.167. The lowest BCUT2D eigenvalue weighted by Crippen LogP contribution is -2.50. The Morgan fingerprint density at radius 3 is 2.54 bits per heavy atom. The van der Waals surface area contributed by atoms with E-state index in [-0.39, 0.29) is 23.5 Å². The number of hydrogen-bond donors (Lipinski definition) is 1. The molecule has 1 aliphatic heterocycles. The van der Waals surface area contributed by atoms with Gasteiger partial charge < -0.3 is 10.0 Å². The van der Waals surface area contributed by atoms with Crippen LogP contribution >= 0.6 is 0 Å². The van der Waals surface area contributed by atoms with Gasteiger partial charge in [-0.25, -0.2) is 9.07 Å². The molecule has 1 saturated heterocycles. The monoisotopic (exact) mass is 333 g/mol. The summed E-state index contributed by atoms with van der Waals surface area (Å²) in [6.07, 6.45) is 1.18. The Kier molecular flexibility index (Phi) is 4.86. The highest BCUT2D eigenvalue weighted by atomic mass is 19.1. The fourth-order valence-corrected chi connectivity index (χ4v) is 2.75. The van der Waals surface area contributed by atoms with Gasteiger partial charge >= 0.3 is 0 Å². The van der Waals surface area contributed by atoms with Crippen molar-refractivity contribution in [1.82, 2.24) is 24.8 Å². The van der Waals surface area contributed by atoms with E-state index in [1.165, 1.54) is 16.8 Å². The van der Waals surface area contributed by atoms with Gasteiger partial charge in [0, 0.05) is 32.7 Å². The van der Waals surface area contributed by atoms with Crippen LogP contribution in [-0.2, 0) is 0 Å². The zero-order valence-corrected chi connectivity index (χ0v) is 13.5. The van der Waals surface area contributed by atoms with Crippen LogP contribution in [-0.4, -0.2) is 74.6 Å². The SMILES string of the molecule is C[C@H](O)CN1CCN(C(=O)c2cn(-c3ccc(F)cc3)nn2)CC1. The Labute approximate surface area is 139 Å². The van der Waals surface area contributed by atoms with Crippen LogP contribution < -0.4 is 0 Å². The minimum atomic E-state index is -0.372. The van der Waals surface area contributed by atoms with Crippen molar-refractivity contribution in [1.29, 1.82) is 0 Å². The van der Waals surface area contributed by atoms with E-state index in [0.717, 1.165) is 13.1 Å². The molecule has 1 aromatic carbocycles. The molecule has 2 aromatic rings. The molecule has 128 valence electrons. The molecule has 1 fully saturated rings. The van der Waals surface area contributed by atoms with Crippen molar-refractivity contribution in [2.75, 3.05) is 32.7 Å². The van der Waals surface area contributed by atoms with Crippen molar-refractivity contribution in [3.05, 3.63) is 42.0 Å². The molecule has 7 nitrogen and oxygen atoms in total. The number of aromatic nitrogens is 3. The van der Waals surface area contributed by atoms with Gasteiger partial charge in [-0.15, -0.1) is 5.10 Å². The summed E-state index contributed by atoms with van der Waals surface area (Å²) >= 11 is 0. The molecule has 1 N–H and O–H groups in total. The first kappa shape index (κ1) is 16.5. The fraction of sp³-hybridized carbons (Fsp3) is 0.438. The van der Waals surface area contributed by atoms with Crippen molar-refractivity contribution in [2.24, 2.45) is 0 Å². The lowest BCUT2D eigenvalue weighted by Gasteiger charge is -2.34. The standard InChI is InChI=1S/C16H20FN5O2/c1-12(23)10-20-6-8-21(9-7-20)16(24)15-11-22(19-18-15)14-4-2-13(17)3-5-14/h2-5,11-12,23H,6-10H2,1H3/t12-/m0/s1. The van der Waals surface area contributed by atoms with Crippen LogP contribution in [0, 0.1) is 5.82 Å². The van der Waals surface area contributed by atoms with E-state index < -0.39 is 0 Å². The Morgan fingerprint density at radius 1 is 1.25 bits per heavy atom. The van der Waals surface area contributed by atoms with E-state index in [1.54, 1.807) is 30.2 Å². The number of hydrogen-bond acceptors (Lipinski definition) is 5. The third kappa shape index (κ3) is 3.77. The van der Waals surface area contributed by atoms with Crippen LogP contribution in [0.15, 0.2) is 30.5 Å². The van der Waals surface area contributed by atoms with Gasteiger partial charge in [-0.05, 0) is 31.2 Å². The lowest BCUT2D eigenvalue weighted by atomic mass is 10.2. The molecule has 0 spiro atoms. The normalized spacial score (nSPS) is 17.0. The van der Waals surface area contributed by atoms with Crippen molar-refractivity contribution >= 4 is 5.91 Å². The maximum absolute atomic E-state index is 13.0. The zero-order valence-electron chi connectivity index (χ0n) is 13.5. The highest BCUT2D eigenvalue weighted by Crippen LogP contribution is 2.11. The van der Waals surface area contributed by atoms with Crippen molar-refractivity contribution in [2.45, 2.75) is 13.0 Å². The third-order valence-electron chi connectivity index (χ3n) is 3.99. The van der Waals surface area contributed by atoms with Gasteiger partial charge in [-0.2, -0.15) is 0 Å². The van der Waals surface area contributed by atoms with Gasteiger partial charge in [0.2, 0.25) is 0 Å². The Bertz CT molecular complexity index is 693. The average molecular weight is 333 g/mol. The Balaban J connectivity index is 1.63. The summed E-state index contributed by atoms with van der Waals surface area (Å²) in [5.41, 5.74) is 0.910. The fourth-order valence-electron chi connectivity index (χ4n) is 2.75. The largest absolute Gasteiger partial charge is 0.392 e. The number of amides is 1. The molecule has 1 amide bonds. The molecule has 1 aromatic heterocycles. The predicted octanol–water partition coefficient (Wildman–Crippen LogP) is 0.545. The van der Waals surface area contributed by atoms with Crippen molar-refractivity contribution in [3.63, 3.8) is 0 Å². The molecule has 3 rings (SSSR count). The molecule has 0 saturated carbocycles. The molecule has 0 aliphatic carbocycles. The van der Waals surface area contributed by atoms with Crippen LogP contribution in [0.25, 0.3) is 5.69 Å². The van der Waals surface area contributed by atoms with Gasteiger partial charge in [0.05, 0.1) is 18.0 Å². The number of rotatable bonds is 4. The van der Waals surface area contributed by atoms with Gasteiger partial charge in [0.1, 0.15) is 5.82 Å². The average Bonchev–Trinajstić information content (AvgIpc) is 3.05. The van der Waals surface area contributed by atoms with Gasteiger partial charge in [0.15, 0.2) is 5.69 Å². The van der Waals surface area contributed by atoms with E-state index in [1.807, 2.05) is 0 Å². The highest BCUT2D eigenvalue weighted by Gasteiger charge is 2.24. The molecule has 1 atom stereocenters. The highest BCUT2D eigenvalue weighted by molar-refractivity contribution is 5.92. The molecule has 1 aliphatic rings. The molecule has 24 heavy (non-hydrogen) atoms. The van der Waals surface area contributed by atoms with Crippen molar-refractivity contribution in [3.8, 4) is 5.69 Å². The van der Waals surface area contributed by atoms with Crippen molar-refractivity contribution < 1.29 is 14.3 Å². The van der Waals surface area contributed by atoms with E-state index in [0.29, 0.717) is 25.3 Å². The quantitative estimate of drug-likeness (QED) is 0.884. The second-order valence-electron chi connectivity index (χ2n) is 5.97. The number of aliphatic hydroxyl groups excluding tert-OH is 1. The molecule has 0 radical (unpaired) electrons. The maximum atomic E-state index is 13.0. The summed E-state index contributed by atoms with van der Waals surface area (Å²) in [6, 6.07) is 5.82. The zero-order chi connectivity index (χ0) is 17.1. The van der Waals surface area contributed by atoms with Crippen LogP contribution in [0.2, 0.25) is 0 Å². The molecule has 8 heteroatoms. The molecule has 0 unspecified atom stereocenters. The topological polar surface area (TPSA) is 74.5 Å². The first-order valence-electron chi connectivity index (χ1n) is 7.91. The molecular formula is C16H20FN5O2. The first-order chi connectivity index (χ1) is 11.5. The first-order valence-corrected chi connectivity index (χ1v) is 7.91. The van der Waals surface area contributed by atoms with E-state index >= 15 is 0 Å². The Morgan fingerprint density at radius 2 is 1.92 bits per heavy atom. The Hall–Kier alpha value is -2.32. The number of halogens is 1. The lowest BCUT2D eigenvalue weighted by molar-refractivity contribution is 0.0549. The molecule has 0 bridgehead atoms. The van der Waals surface area contributed by atoms with Gasteiger partial charge in [0.25, 0.3) is 5.91 Å². The summed E-state index contributed by atoms with van der Waals surface area (Å²) in [7, 11) is 0. The van der Waals surface area contributed by atoms with Crippen LogP contribution in [0.1, 0.15) is 17.4 Å². The number of benzene rings is 1. The second kappa shape index (κ2) is 7.06. The number of carbonyl (C=O) groups excluding carboxylic acids is 1. The summed E-state index contributed by atoms with van der Waals surface area (Å²) in [5, 5.41) is 17.3. The summed E-state index contributed by atoms with van der Waals surface area (Å²) in [4.78, 5) is 16.4. The van der Waals surface area contributed by atoms with E-state index in [4.69, 9.17) is 0 Å². The number of aliphatic hydroxyl groups is 1. The van der Waals surface area contributed by atoms with Gasteiger partial charge in [-0.1, -0.05) is 5.21 Å². The van der Waals surface area contributed by atoms with Gasteiger partial charge in [-0.3, -0.25) is 9.69 Å². The number of β-amino-alcohol motifs (C(OH)–C–C–N with tert-alkyl or cyclic N) is 1. The molecule has 2 heterocycles. The van der Waals surface area contributed by atoms with E-state index in [2.05, 4.69) is 15.2 Å². The minimum Gasteiger partial charge on any atom is -0.392 e. The third-order valence-corrected chi connectivity index (χ3v) is 3.99. The smallest absolute Gasteiger partial charge is 0.276 e. The predicted molar refractivity (Wildman–Crippen MR) is 85.3 cm³/mol. The van der Waals surface area contributed by atoms with Crippen LogP contribution in [0.4, 0.5) is 4.39 Å². The maximum Gasteiger partial charge on any atom is 0.276 e. The van der Waals surface area contributed by atoms with Crippen LogP contribution in [0.5, 0.6) is 0 Å². The summed E-state index contributed by atoms with van der Waals surface area (Å²) in [5.74, 6) is -0.495. The number of nitrogens with zero attached hydrogens (tertiary/aromatic N) is 5. The number of carbonyl (C=O) groups is 1. The molecular weight excluding hydrogens is 313 g/mol. The van der Waals surface area contributed by atoms with E-state index in [9.17, 15) is 14.3 Å². The second-order valence-corrected chi connectivity index (χ2v) is 5.97. The van der Waals surface area contributed by atoms with Crippen LogP contribution in [0.3, 0.4) is 0 Å². The summed E-state index contributed by atoms with van der Waals surface area (Å²) in [6.45, 7) is 5.00. The summed E-state index contributed by atoms with van der Waals surface area (Å²) < 4.78 is 14.4. The number of piperazine rings is 1.